The van der Waals surface area contributed by atoms with Crippen molar-refractivity contribution >= 4 is 29.1 Å². The van der Waals surface area contributed by atoms with E-state index in [1.54, 1.807) is 14.1 Å². The van der Waals surface area contributed by atoms with Crippen molar-refractivity contribution in [2.24, 2.45) is 0 Å². The van der Waals surface area contributed by atoms with Crippen molar-refractivity contribution in [1.29, 1.82) is 0 Å². The third kappa shape index (κ3) is 5.06. The number of hydrogen-bond acceptors (Lipinski definition) is 4. The summed E-state index contributed by atoms with van der Waals surface area (Å²) in [5, 5.41) is 6.40. The molecular formula is C22H18ClF3N4O3. The minimum Gasteiger partial charge on any atom is -0.345 e. The quantitative estimate of drug-likeness (QED) is 0.610. The van der Waals surface area contributed by atoms with Crippen LogP contribution in [0.25, 0.3) is 5.69 Å². The fraction of sp³-hybridized carbons (Fsp3) is 0.182. The molecule has 0 atom stereocenters. The van der Waals surface area contributed by atoms with E-state index in [0.29, 0.717) is 0 Å². The van der Waals surface area contributed by atoms with Gasteiger partial charge in [-0.05, 0) is 37.3 Å². The fourth-order valence-electron chi connectivity index (χ4n) is 3.04. The third-order valence-electron chi connectivity index (χ3n) is 4.62. The minimum atomic E-state index is -4.67. The molecule has 0 saturated carbocycles. The van der Waals surface area contributed by atoms with Crippen LogP contribution >= 0.6 is 11.6 Å². The Morgan fingerprint density at radius 2 is 1.76 bits per heavy atom. The predicted octanol–water partition coefficient (Wildman–Crippen LogP) is 4.17. The average Bonchev–Trinajstić information content (AvgIpc) is 2.72. The topological polar surface area (TPSA) is 84.3 Å². The van der Waals surface area contributed by atoms with Gasteiger partial charge in [-0.2, -0.15) is 18.3 Å². The number of carbonyl (C=O) groups excluding carboxylic acids is 2. The van der Waals surface area contributed by atoms with Crippen molar-refractivity contribution in [1.82, 2.24) is 14.7 Å². The number of carbonyl (C=O) groups is 2. The molecule has 0 bridgehead atoms. The number of aryl methyl sites for hydroxylation is 1. The second-order valence-electron chi connectivity index (χ2n) is 7.27. The molecule has 0 fully saturated rings. The molecule has 0 spiro atoms. The Kier molecular flexibility index (Phi) is 6.59. The van der Waals surface area contributed by atoms with Gasteiger partial charge in [0.25, 0.3) is 11.8 Å². The molecule has 1 aromatic heterocycles. The molecule has 3 rings (SSSR count). The average molecular weight is 479 g/mol. The van der Waals surface area contributed by atoms with Gasteiger partial charge in [0, 0.05) is 31.5 Å². The number of rotatable bonds is 4. The van der Waals surface area contributed by atoms with Gasteiger partial charge >= 0.3 is 6.18 Å². The van der Waals surface area contributed by atoms with Crippen molar-refractivity contribution < 1.29 is 22.8 Å². The Balaban J connectivity index is 1.99. The summed E-state index contributed by atoms with van der Waals surface area (Å²) in [6.07, 6.45) is -4.67. The van der Waals surface area contributed by atoms with Crippen LogP contribution in [0.15, 0.2) is 53.3 Å². The lowest BCUT2D eigenvalue weighted by Gasteiger charge is -2.17. The van der Waals surface area contributed by atoms with Crippen LogP contribution in [0.1, 0.15) is 32.1 Å². The van der Waals surface area contributed by atoms with Crippen LogP contribution in [0.3, 0.4) is 0 Å². The van der Waals surface area contributed by atoms with Crippen LogP contribution in [0.4, 0.5) is 18.9 Å². The van der Waals surface area contributed by atoms with Crippen molar-refractivity contribution in [2.45, 2.75) is 13.1 Å². The van der Waals surface area contributed by atoms with E-state index < -0.39 is 28.8 Å². The summed E-state index contributed by atoms with van der Waals surface area (Å²) < 4.78 is 41.2. The Morgan fingerprint density at radius 1 is 1.09 bits per heavy atom. The summed E-state index contributed by atoms with van der Waals surface area (Å²) in [4.78, 5) is 38.5. The standard InChI is InChI=1S/C22H18ClF3N4O3/c1-12-10-18(31)19(28-30(12)17-7-5-4-6-15(17)22(24,25)26)20(32)27-13-8-9-14(16(23)11-13)21(33)29(2)3/h4-11H,1-3H3,(H,27,32). The maximum absolute atomic E-state index is 13.4. The molecule has 1 heterocycles. The number of aromatic nitrogens is 2. The van der Waals surface area contributed by atoms with Gasteiger partial charge in [-0.1, -0.05) is 23.7 Å². The van der Waals surface area contributed by atoms with E-state index in [0.717, 1.165) is 16.8 Å². The lowest BCUT2D eigenvalue weighted by Crippen LogP contribution is -2.27. The zero-order chi connectivity index (χ0) is 24.5. The molecule has 3 aromatic rings. The molecule has 0 saturated heterocycles. The van der Waals surface area contributed by atoms with E-state index in [1.807, 2.05) is 0 Å². The van der Waals surface area contributed by atoms with Crippen molar-refractivity contribution in [2.75, 3.05) is 19.4 Å². The van der Waals surface area contributed by atoms with Crippen LogP contribution in [-0.2, 0) is 6.18 Å². The van der Waals surface area contributed by atoms with E-state index in [-0.39, 0.29) is 33.6 Å². The number of nitrogens with zero attached hydrogens (tertiary/aromatic N) is 3. The molecule has 7 nitrogen and oxygen atoms in total. The summed E-state index contributed by atoms with van der Waals surface area (Å²) >= 11 is 6.13. The number of benzene rings is 2. The van der Waals surface area contributed by atoms with Gasteiger partial charge in [0.15, 0.2) is 5.69 Å². The molecule has 0 unspecified atom stereocenters. The van der Waals surface area contributed by atoms with Crippen LogP contribution in [0, 0.1) is 6.92 Å². The Hall–Kier alpha value is -3.66. The fourth-order valence-corrected chi connectivity index (χ4v) is 3.31. The SMILES string of the molecule is Cc1cc(=O)c(C(=O)Nc2ccc(C(=O)N(C)C)c(Cl)c2)nn1-c1ccccc1C(F)(F)F. The summed E-state index contributed by atoms with van der Waals surface area (Å²) in [5.74, 6) is -1.29. The molecule has 0 aliphatic heterocycles. The number of halogens is 4. The van der Waals surface area contributed by atoms with Gasteiger partial charge in [0.05, 0.1) is 21.8 Å². The van der Waals surface area contributed by atoms with Gasteiger partial charge < -0.3 is 10.2 Å². The molecule has 0 aliphatic carbocycles. The highest BCUT2D eigenvalue weighted by molar-refractivity contribution is 6.34. The summed E-state index contributed by atoms with van der Waals surface area (Å²) in [6, 6.07) is 9.85. The first-order valence-electron chi connectivity index (χ1n) is 9.50. The van der Waals surface area contributed by atoms with E-state index in [1.165, 1.54) is 48.2 Å². The number of hydrogen-bond donors (Lipinski definition) is 1. The van der Waals surface area contributed by atoms with Gasteiger partial charge in [-0.15, -0.1) is 0 Å². The summed E-state index contributed by atoms with van der Waals surface area (Å²) in [7, 11) is 3.11. The molecule has 2 aromatic carbocycles. The van der Waals surface area contributed by atoms with E-state index in [9.17, 15) is 27.6 Å². The van der Waals surface area contributed by atoms with Crippen molar-refractivity contribution in [3.05, 3.63) is 86.3 Å². The Morgan fingerprint density at radius 3 is 2.36 bits per heavy atom. The normalized spacial score (nSPS) is 11.2. The number of nitrogens with one attached hydrogen (secondary N) is 1. The van der Waals surface area contributed by atoms with Gasteiger partial charge in [-0.3, -0.25) is 14.4 Å². The van der Waals surface area contributed by atoms with Crippen LogP contribution in [-0.4, -0.2) is 40.6 Å². The van der Waals surface area contributed by atoms with Crippen LogP contribution < -0.4 is 10.7 Å². The van der Waals surface area contributed by atoms with Gasteiger partial charge in [0.1, 0.15) is 0 Å². The van der Waals surface area contributed by atoms with Crippen molar-refractivity contribution in [3.63, 3.8) is 0 Å². The minimum absolute atomic E-state index is 0.0693. The largest absolute Gasteiger partial charge is 0.418 e. The van der Waals surface area contributed by atoms with E-state index in [2.05, 4.69) is 10.4 Å². The van der Waals surface area contributed by atoms with Crippen molar-refractivity contribution in [3.8, 4) is 5.69 Å². The molecule has 1 N–H and O–H groups in total. The highest BCUT2D eigenvalue weighted by Gasteiger charge is 2.34. The molecule has 2 amide bonds. The maximum atomic E-state index is 13.4. The van der Waals surface area contributed by atoms with E-state index in [4.69, 9.17) is 11.6 Å². The molecule has 0 aliphatic rings. The zero-order valence-corrected chi connectivity index (χ0v) is 18.5. The zero-order valence-electron chi connectivity index (χ0n) is 17.7. The lowest BCUT2D eigenvalue weighted by atomic mass is 10.1. The van der Waals surface area contributed by atoms with Crippen LogP contribution in [0.5, 0.6) is 0 Å². The first-order chi connectivity index (χ1) is 15.4. The predicted molar refractivity (Wildman–Crippen MR) is 117 cm³/mol. The van der Waals surface area contributed by atoms with Gasteiger partial charge in [0.2, 0.25) is 5.43 Å². The number of amides is 2. The third-order valence-corrected chi connectivity index (χ3v) is 4.94. The Bertz CT molecular complexity index is 1300. The van der Waals surface area contributed by atoms with E-state index >= 15 is 0 Å². The molecule has 172 valence electrons. The van der Waals surface area contributed by atoms with Crippen LogP contribution in [0.2, 0.25) is 5.02 Å². The number of alkyl halides is 3. The Labute approximate surface area is 191 Å². The second kappa shape index (κ2) is 9.07. The molecule has 11 heteroatoms. The molecule has 33 heavy (non-hydrogen) atoms. The summed E-state index contributed by atoms with van der Waals surface area (Å²) in [6.45, 7) is 1.41. The summed E-state index contributed by atoms with van der Waals surface area (Å²) in [5.41, 5.74) is -2.18. The highest BCUT2D eigenvalue weighted by Crippen LogP contribution is 2.33. The first-order valence-corrected chi connectivity index (χ1v) is 9.88. The van der Waals surface area contributed by atoms with Gasteiger partial charge in [-0.25, -0.2) is 4.68 Å². The smallest absolute Gasteiger partial charge is 0.345 e. The molecule has 0 radical (unpaired) electrons. The maximum Gasteiger partial charge on any atom is 0.418 e. The highest BCUT2D eigenvalue weighted by atomic mass is 35.5. The monoisotopic (exact) mass is 478 g/mol. The number of anilines is 1. The second-order valence-corrected chi connectivity index (χ2v) is 7.68. The lowest BCUT2D eigenvalue weighted by molar-refractivity contribution is -0.137. The number of para-hydroxylation sites is 1. The first kappa shape index (κ1) is 24.0. The molecular weight excluding hydrogens is 461 g/mol.